The molecule has 9 heavy (non-hydrogen) atoms. The third kappa shape index (κ3) is 1.65. The lowest BCUT2D eigenvalue weighted by atomic mass is 10.3. The van der Waals surface area contributed by atoms with Crippen LogP contribution < -0.4 is 0 Å². The van der Waals surface area contributed by atoms with Crippen molar-refractivity contribution in [2.75, 3.05) is 18.8 Å². The van der Waals surface area contributed by atoms with Crippen LogP contribution in [0.5, 0.6) is 0 Å². The maximum Gasteiger partial charge on any atom is 0.0263 e. The van der Waals surface area contributed by atoms with Gasteiger partial charge in [-0.25, -0.2) is 0 Å². The summed E-state index contributed by atoms with van der Waals surface area (Å²) in [5.41, 5.74) is 1.30. The number of hydrogen-bond donors (Lipinski definition) is 1. The van der Waals surface area contributed by atoms with Crippen LogP contribution in [0.3, 0.4) is 0 Å². The van der Waals surface area contributed by atoms with E-state index in [2.05, 4.69) is 24.1 Å². The van der Waals surface area contributed by atoms with Gasteiger partial charge >= 0.3 is 0 Å². The SMILES string of the molecule is C=C1CCCN1CCS. The molecular formula is C7H13NS. The molecule has 1 saturated heterocycles. The van der Waals surface area contributed by atoms with Crippen LogP contribution in [0.2, 0.25) is 0 Å². The van der Waals surface area contributed by atoms with Crippen LogP contribution in [0, 0.1) is 0 Å². The predicted octanol–water partition coefficient (Wildman–Crippen LogP) is 1.53. The summed E-state index contributed by atoms with van der Waals surface area (Å²) in [4.78, 5) is 2.31. The smallest absolute Gasteiger partial charge is 0.0263 e. The zero-order valence-electron chi connectivity index (χ0n) is 5.64. The summed E-state index contributed by atoms with van der Waals surface area (Å²) in [6, 6.07) is 0. The second-order valence-electron chi connectivity index (χ2n) is 2.38. The van der Waals surface area contributed by atoms with E-state index < -0.39 is 0 Å². The van der Waals surface area contributed by atoms with Gasteiger partial charge in [0.15, 0.2) is 0 Å². The monoisotopic (exact) mass is 143 g/mol. The molecule has 1 aliphatic heterocycles. The van der Waals surface area contributed by atoms with Gasteiger partial charge < -0.3 is 4.90 Å². The average Bonchev–Trinajstić information content (AvgIpc) is 2.18. The standard InChI is InChI=1S/C7H13NS/c1-7-3-2-4-8(7)5-6-9/h9H,1-6H2. The lowest BCUT2D eigenvalue weighted by Gasteiger charge is -2.16. The van der Waals surface area contributed by atoms with E-state index in [0.717, 1.165) is 12.3 Å². The summed E-state index contributed by atoms with van der Waals surface area (Å²) in [6.07, 6.45) is 2.47. The molecule has 1 aliphatic rings. The molecular weight excluding hydrogens is 130 g/mol. The van der Waals surface area contributed by atoms with Crippen molar-refractivity contribution in [3.8, 4) is 0 Å². The highest BCUT2D eigenvalue weighted by Crippen LogP contribution is 2.17. The summed E-state index contributed by atoms with van der Waals surface area (Å²) in [5.74, 6) is 0.943. The molecule has 1 heterocycles. The Morgan fingerprint density at radius 1 is 1.67 bits per heavy atom. The first kappa shape index (κ1) is 7.00. The lowest BCUT2D eigenvalue weighted by Crippen LogP contribution is -2.19. The Kier molecular flexibility index (Phi) is 2.46. The molecule has 0 atom stereocenters. The Morgan fingerprint density at radius 3 is 2.89 bits per heavy atom. The third-order valence-electron chi connectivity index (χ3n) is 1.71. The van der Waals surface area contributed by atoms with Crippen molar-refractivity contribution in [2.24, 2.45) is 0 Å². The van der Waals surface area contributed by atoms with Crippen LogP contribution >= 0.6 is 12.6 Å². The van der Waals surface area contributed by atoms with Gasteiger partial charge in [0, 0.05) is 24.5 Å². The van der Waals surface area contributed by atoms with Gasteiger partial charge in [0.1, 0.15) is 0 Å². The van der Waals surface area contributed by atoms with E-state index in [0.29, 0.717) is 0 Å². The molecule has 0 N–H and O–H groups in total. The zero-order chi connectivity index (χ0) is 6.69. The summed E-state index contributed by atoms with van der Waals surface area (Å²) in [5, 5.41) is 0. The maximum atomic E-state index is 4.15. The predicted molar refractivity (Wildman–Crippen MR) is 43.8 cm³/mol. The van der Waals surface area contributed by atoms with Crippen molar-refractivity contribution in [2.45, 2.75) is 12.8 Å². The van der Waals surface area contributed by atoms with E-state index in [4.69, 9.17) is 0 Å². The third-order valence-corrected chi connectivity index (χ3v) is 1.91. The molecule has 0 aromatic heterocycles. The van der Waals surface area contributed by atoms with Crippen LogP contribution in [0.4, 0.5) is 0 Å². The summed E-state index contributed by atoms with van der Waals surface area (Å²) in [6.45, 7) is 6.21. The molecule has 0 aromatic rings. The molecule has 0 spiro atoms. The van der Waals surface area contributed by atoms with Crippen LogP contribution in [0.25, 0.3) is 0 Å². The zero-order valence-corrected chi connectivity index (χ0v) is 6.53. The van der Waals surface area contributed by atoms with Crippen molar-refractivity contribution in [1.29, 1.82) is 0 Å². The number of allylic oxidation sites excluding steroid dienone is 1. The minimum atomic E-state index is 0.943. The Hall–Kier alpha value is -0.110. The second kappa shape index (κ2) is 3.16. The number of thiol groups is 1. The molecule has 2 heteroatoms. The Balaban J connectivity index is 2.31. The van der Waals surface area contributed by atoms with Gasteiger partial charge in [-0.15, -0.1) is 0 Å². The van der Waals surface area contributed by atoms with Crippen molar-refractivity contribution >= 4 is 12.6 Å². The van der Waals surface area contributed by atoms with Crippen LogP contribution in [0.1, 0.15) is 12.8 Å². The number of rotatable bonds is 2. The summed E-state index contributed by atoms with van der Waals surface area (Å²) >= 11 is 4.15. The topological polar surface area (TPSA) is 3.24 Å². The molecule has 0 unspecified atom stereocenters. The molecule has 1 rings (SSSR count). The second-order valence-corrected chi connectivity index (χ2v) is 2.83. The highest BCUT2D eigenvalue weighted by molar-refractivity contribution is 7.80. The van der Waals surface area contributed by atoms with Gasteiger partial charge in [-0.2, -0.15) is 12.6 Å². The largest absolute Gasteiger partial charge is 0.374 e. The number of nitrogens with zero attached hydrogens (tertiary/aromatic N) is 1. The molecule has 0 radical (unpaired) electrons. The fourth-order valence-electron chi connectivity index (χ4n) is 1.18. The van der Waals surface area contributed by atoms with Gasteiger partial charge in [0.2, 0.25) is 0 Å². The lowest BCUT2D eigenvalue weighted by molar-refractivity contribution is 0.421. The maximum absolute atomic E-state index is 4.15. The van der Waals surface area contributed by atoms with Gasteiger partial charge in [-0.1, -0.05) is 6.58 Å². The number of likely N-dealkylation sites (tertiary alicyclic amines) is 1. The van der Waals surface area contributed by atoms with Crippen LogP contribution in [-0.4, -0.2) is 23.7 Å². The molecule has 1 fully saturated rings. The normalized spacial score (nSPS) is 19.2. The van der Waals surface area contributed by atoms with Crippen molar-refractivity contribution in [3.05, 3.63) is 12.3 Å². The van der Waals surface area contributed by atoms with Crippen molar-refractivity contribution in [1.82, 2.24) is 4.90 Å². The first-order valence-electron chi connectivity index (χ1n) is 3.38. The van der Waals surface area contributed by atoms with E-state index in [1.54, 1.807) is 0 Å². The van der Waals surface area contributed by atoms with Crippen molar-refractivity contribution in [3.63, 3.8) is 0 Å². The van der Waals surface area contributed by atoms with E-state index >= 15 is 0 Å². The van der Waals surface area contributed by atoms with Crippen molar-refractivity contribution < 1.29 is 0 Å². The average molecular weight is 143 g/mol. The minimum Gasteiger partial charge on any atom is -0.374 e. The highest BCUT2D eigenvalue weighted by atomic mass is 32.1. The van der Waals surface area contributed by atoms with E-state index in [1.165, 1.54) is 25.1 Å². The molecule has 0 aliphatic carbocycles. The van der Waals surface area contributed by atoms with Gasteiger partial charge in [-0.05, 0) is 12.8 Å². The van der Waals surface area contributed by atoms with E-state index in [9.17, 15) is 0 Å². The Morgan fingerprint density at radius 2 is 2.44 bits per heavy atom. The molecule has 52 valence electrons. The fraction of sp³-hybridized carbons (Fsp3) is 0.714. The molecule has 0 bridgehead atoms. The summed E-state index contributed by atoms with van der Waals surface area (Å²) in [7, 11) is 0. The van der Waals surface area contributed by atoms with Gasteiger partial charge in [0.25, 0.3) is 0 Å². The first-order chi connectivity index (χ1) is 4.34. The number of hydrogen-bond acceptors (Lipinski definition) is 2. The first-order valence-corrected chi connectivity index (χ1v) is 4.01. The van der Waals surface area contributed by atoms with Crippen LogP contribution in [-0.2, 0) is 0 Å². The van der Waals surface area contributed by atoms with E-state index in [1.807, 2.05) is 0 Å². The Labute approximate surface area is 62.1 Å². The quantitative estimate of drug-likeness (QED) is 0.574. The minimum absolute atomic E-state index is 0.943. The summed E-state index contributed by atoms with van der Waals surface area (Å²) < 4.78 is 0. The van der Waals surface area contributed by atoms with Crippen LogP contribution in [0.15, 0.2) is 12.3 Å². The molecule has 1 nitrogen and oxygen atoms in total. The highest BCUT2D eigenvalue weighted by Gasteiger charge is 2.12. The van der Waals surface area contributed by atoms with Gasteiger partial charge in [0.05, 0.1) is 0 Å². The van der Waals surface area contributed by atoms with Gasteiger partial charge in [-0.3, -0.25) is 0 Å². The molecule has 0 saturated carbocycles. The molecule has 0 amide bonds. The molecule has 0 aromatic carbocycles. The van der Waals surface area contributed by atoms with E-state index in [-0.39, 0.29) is 0 Å². The Bertz CT molecular complexity index is 111. The fourth-order valence-corrected chi connectivity index (χ4v) is 1.42.